The molecule has 146 valence electrons. The van der Waals surface area contributed by atoms with Gasteiger partial charge >= 0.3 is 6.03 Å². The number of piperazine rings is 1. The molecule has 0 aromatic heterocycles. The molecule has 0 bridgehead atoms. The highest BCUT2D eigenvalue weighted by Crippen LogP contribution is 2.31. The first-order chi connectivity index (χ1) is 13.6. The number of urea groups is 1. The molecule has 1 aliphatic carbocycles. The van der Waals surface area contributed by atoms with Crippen molar-refractivity contribution in [1.82, 2.24) is 4.90 Å². The molecule has 0 atom stereocenters. The van der Waals surface area contributed by atoms with Gasteiger partial charge in [0, 0.05) is 54.2 Å². The van der Waals surface area contributed by atoms with E-state index in [4.69, 9.17) is 11.6 Å². The van der Waals surface area contributed by atoms with Crippen molar-refractivity contribution in [3.8, 4) is 0 Å². The SMILES string of the molecule is O=C(Nc1ccc(N2CCN(C(=O)C3CC3)CC2)cc1)Nc1cccc(Cl)c1. The molecule has 2 aromatic rings. The van der Waals surface area contributed by atoms with E-state index in [1.807, 2.05) is 29.2 Å². The van der Waals surface area contributed by atoms with Crippen LogP contribution >= 0.6 is 11.6 Å². The third-order valence-corrected chi connectivity index (χ3v) is 5.33. The number of nitrogens with one attached hydrogen (secondary N) is 2. The lowest BCUT2D eigenvalue weighted by atomic mass is 10.2. The molecule has 7 heteroatoms. The monoisotopic (exact) mass is 398 g/mol. The third kappa shape index (κ3) is 4.57. The number of rotatable bonds is 4. The number of carbonyl (C=O) groups is 2. The van der Waals surface area contributed by atoms with Crippen LogP contribution < -0.4 is 15.5 Å². The van der Waals surface area contributed by atoms with Gasteiger partial charge in [0.15, 0.2) is 0 Å². The number of benzene rings is 2. The van der Waals surface area contributed by atoms with Crippen molar-refractivity contribution in [3.05, 3.63) is 53.6 Å². The van der Waals surface area contributed by atoms with E-state index in [1.165, 1.54) is 0 Å². The van der Waals surface area contributed by atoms with Gasteiger partial charge in [0.05, 0.1) is 0 Å². The summed E-state index contributed by atoms with van der Waals surface area (Å²) in [5.41, 5.74) is 2.45. The van der Waals surface area contributed by atoms with Crippen LogP contribution in [0.5, 0.6) is 0 Å². The first-order valence-electron chi connectivity index (χ1n) is 9.56. The number of amides is 3. The molecule has 0 unspecified atom stereocenters. The van der Waals surface area contributed by atoms with Gasteiger partial charge in [-0.25, -0.2) is 4.79 Å². The summed E-state index contributed by atoms with van der Waals surface area (Å²) in [5.74, 6) is 0.611. The zero-order valence-electron chi connectivity index (χ0n) is 15.5. The van der Waals surface area contributed by atoms with Crippen LogP contribution in [-0.4, -0.2) is 43.0 Å². The second kappa shape index (κ2) is 8.10. The van der Waals surface area contributed by atoms with Gasteiger partial charge in [0.1, 0.15) is 0 Å². The van der Waals surface area contributed by atoms with Crippen molar-refractivity contribution >= 4 is 40.6 Å². The molecule has 2 N–H and O–H groups in total. The molecular weight excluding hydrogens is 376 g/mol. The van der Waals surface area contributed by atoms with E-state index in [2.05, 4.69) is 15.5 Å². The Kier molecular flexibility index (Phi) is 5.39. The largest absolute Gasteiger partial charge is 0.368 e. The standard InChI is InChI=1S/C21H23ClN4O2/c22-16-2-1-3-18(14-16)24-21(28)23-17-6-8-19(9-7-17)25-10-12-26(13-11-25)20(27)15-4-5-15/h1-3,6-9,14-15H,4-5,10-13H2,(H2,23,24,28). The minimum Gasteiger partial charge on any atom is -0.368 e. The molecule has 28 heavy (non-hydrogen) atoms. The van der Waals surface area contributed by atoms with Crippen molar-refractivity contribution in [2.75, 3.05) is 41.7 Å². The van der Waals surface area contributed by atoms with Gasteiger partial charge in [-0.05, 0) is 55.3 Å². The van der Waals surface area contributed by atoms with Crippen molar-refractivity contribution in [2.45, 2.75) is 12.8 Å². The number of nitrogens with zero attached hydrogens (tertiary/aromatic N) is 2. The predicted molar refractivity (Wildman–Crippen MR) is 112 cm³/mol. The third-order valence-electron chi connectivity index (χ3n) is 5.09. The zero-order valence-corrected chi connectivity index (χ0v) is 16.3. The Hall–Kier alpha value is -2.73. The zero-order chi connectivity index (χ0) is 19.5. The first-order valence-corrected chi connectivity index (χ1v) is 9.94. The molecule has 2 aromatic carbocycles. The molecule has 2 fully saturated rings. The number of carbonyl (C=O) groups excluding carboxylic acids is 2. The van der Waals surface area contributed by atoms with Gasteiger partial charge in [-0.1, -0.05) is 17.7 Å². The van der Waals surface area contributed by atoms with Crippen molar-refractivity contribution < 1.29 is 9.59 Å². The van der Waals surface area contributed by atoms with E-state index >= 15 is 0 Å². The highest BCUT2D eigenvalue weighted by molar-refractivity contribution is 6.30. The second-order valence-electron chi connectivity index (χ2n) is 7.22. The van der Waals surface area contributed by atoms with Crippen LogP contribution in [0.3, 0.4) is 0 Å². The van der Waals surface area contributed by atoms with Crippen LogP contribution in [0.25, 0.3) is 0 Å². The van der Waals surface area contributed by atoms with E-state index in [9.17, 15) is 9.59 Å². The number of halogens is 1. The van der Waals surface area contributed by atoms with Gasteiger partial charge in [0.25, 0.3) is 0 Å². The summed E-state index contributed by atoms with van der Waals surface area (Å²) in [7, 11) is 0. The van der Waals surface area contributed by atoms with Gasteiger partial charge in [0.2, 0.25) is 5.91 Å². The van der Waals surface area contributed by atoms with Gasteiger partial charge in [-0.15, -0.1) is 0 Å². The molecule has 4 rings (SSSR count). The maximum absolute atomic E-state index is 12.2. The van der Waals surface area contributed by atoms with E-state index in [0.29, 0.717) is 22.3 Å². The Morgan fingerprint density at radius 1 is 0.893 bits per heavy atom. The lowest BCUT2D eigenvalue weighted by Crippen LogP contribution is -2.49. The van der Waals surface area contributed by atoms with Crippen LogP contribution in [-0.2, 0) is 4.79 Å². The van der Waals surface area contributed by atoms with Crippen LogP contribution in [0, 0.1) is 5.92 Å². The molecule has 1 aliphatic heterocycles. The number of hydrogen-bond donors (Lipinski definition) is 2. The topological polar surface area (TPSA) is 64.7 Å². The Balaban J connectivity index is 1.29. The minimum atomic E-state index is -0.317. The van der Waals surface area contributed by atoms with Crippen LogP contribution in [0.15, 0.2) is 48.5 Å². The predicted octanol–water partition coefficient (Wildman–Crippen LogP) is 4.04. The fourth-order valence-corrected chi connectivity index (χ4v) is 3.58. The molecule has 1 heterocycles. The lowest BCUT2D eigenvalue weighted by molar-refractivity contribution is -0.132. The second-order valence-corrected chi connectivity index (χ2v) is 7.66. The Morgan fingerprint density at radius 2 is 1.57 bits per heavy atom. The quantitative estimate of drug-likeness (QED) is 0.816. The molecule has 1 saturated heterocycles. The van der Waals surface area contributed by atoms with Crippen molar-refractivity contribution in [3.63, 3.8) is 0 Å². The van der Waals surface area contributed by atoms with Gasteiger partial charge in [-0.2, -0.15) is 0 Å². The van der Waals surface area contributed by atoms with Crippen LogP contribution in [0.2, 0.25) is 5.02 Å². The normalized spacial score (nSPS) is 16.6. The van der Waals surface area contributed by atoms with E-state index in [1.54, 1.807) is 24.3 Å². The first kappa shape index (κ1) is 18.6. The van der Waals surface area contributed by atoms with E-state index in [0.717, 1.165) is 44.7 Å². The fourth-order valence-electron chi connectivity index (χ4n) is 3.39. The van der Waals surface area contributed by atoms with Crippen molar-refractivity contribution in [2.24, 2.45) is 5.92 Å². The Bertz CT molecular complexity index is 859. The maximum Gasteiger partial charge on any atom is 0.323 e. The lowest BCUT2D eigenvalue weighted by Gasteiger charge is -2.36. The average molecular weight is 399 g/mol. The Labute approximate surface area is 169 Å². The minimum absolute atomic E-state index is 0.287. The van der Waals surface area contributed by atoms with Crippen LogP contribution in [0.4, 0.5) is 21.9 Å². The highest BCUT2D eigenvalue weighted by atomic mass is 35.5. The molecule has 1 saturated carbocycles. The van der Waals surface area contributed by atoms with Gasteiger partial charge < -0.3 is 20.4 Å². The maximum atomic E-state index is 12.2. The summed E-state index contributed by atoms with van der Waals surface area (Å²) >= 11 is 5.93. The summed E-state index contributed by atoms with van der Waals surface area (Å²) in [6.07, 6.45) is 2.11. The van der Waals surface area contributed by atoms with E-state index < -0.39 is 0 Å². The van der Waals surface area contributed by atoms with Crippen molar-refractivity contribution in [1.29, 1.82) is 0 Å². The van der Waals surface area contributed by atoms with Gasteiger partial charge in [-0.3, -0.25) is 4.79 Å². The summed E-state index contributed by atoms with van der Waals surface area (Å²) in [5, 5.41) is 6.14. The van der Waals surface area contributed by atoms with Crippen LogP contribution in [0.1, 0.15) is 12.8 Å². The van der Waals surface area contributed by atoms with E-state index in [-0.39, 0.29) is 11.9 Å². The summed E-state index contributed by atoms with van der Waals surface area (Å²) in [6, 6.07) is 14.4. The molecule has 0 radical (unpaired) electrons. The fraction of sp³-hybridized carbons (Fsp3) is 0.333. The summed E-state index contributed by atoms with van der Waals surface area (Å²) in [6.45, 7) is 3.22. The molecular formula is C21H23ClN4O2. The number of anilines is 3. The summed E-state index contributed by atoms with van der Waals surface area (Å²) in [4.78, 5) is 28.5. The average Bonchev–Trinajstić information content (AvgIpc) is 3.53. The summed E-state index contributed by atoms with van der Waals surface area (Å²) < 4.78 is 0. The molecule has 6 nitrogen and oxygen atoms in total. The molecule has 2 aliphatic rings. The number of hydrogen-bond acceptors (Lipinski definition) is 3. The molecule has 0 spiro atoms. The Morgan fingerprint density at radius 3 is 2.21 bits per heavy atom. The molecule has 3 amide bonds. The smallest absolute Gasteiger partial charge is 0.323 e. The highest BCUT2D eigenvalue weighted by Gasteiger charge is 2.34.